The van der Waals surface area contributed by atoms with Gasteiger partial charge in [-0.05, 0) is 31.0 Å². The van der Waals surface area contributed by atoms with Crippen LogP contribution in [-0.2, 0) is 0 Å². The second-order valence-corrected chi connectivity index (χ2v) is 3.43. The third-order valence-corrected chi connectivity index (χ3v) is 2.60. The normalized spacial score (nSPS) is 25.7. The summed E-state index contributed by atoms with van der Waals surface area (Å²) in [6, 6.07) is 3.84. The van der Waals surface area contributed by atoms with Crippen LogP contribution in [-0.4, -0.2) is 18.6 Å². The molecule has 13 heavy (non-hydrogen) atoms. The number of hydrogen-bond donors (Lipinski definition) is 1. The molecule has 1 aliphatic carbocycles. The van der Waals surface area contributed by atoms with Gasteiger partial charge in [-0.25, -0.2) is 0 Å². The molecule has 3 nitrogen and oxygen atoms in total. The summed E-state index contributed by atoms with van der Waals surface area (Å²) in [4.78, 5) is 4.33. The number of hydrogen-bond acceptors (Lipinski definition) is 3. The lowest BCUT2D eigenvalue weighted by Crippen LogP contribution is -2.03. The number of nitrogens with zero attached hydrogens (tertiary/aromatic N) is 1. The van der Waals surface area contributed by atoms with Crippen molar-refractivity contribution in [2.24, 2.45) is 11.7 Å². The third kappa shape index (κ3) is 1.52. The van der Waals surface area contributed by atoms with Gasteiger partial charge in [-0.3, -0.25) is 4.98 Å². The van der Waals surface area contributed by atoms with Crippen LogP contribution in [0.15, 0.2) is 18.3 Å². The minimum absolute atomic E-state index is 0.529. The van der Waals surface area contributed by atoms with Gasteiger partial charge in [0, 0.05) is 12.1 Å². The molecule has 0 unspecified atom stereocenters. The topological polar surface area (TPSA) is 48.1 Å². The molecule has 0 aromatic carbocycles. The summed E-state index contributed by atoms with van der Waals surface area (Å²) in [6.07, 6.45) is 2.97. The Hall–Kier alpha value is -1.09. The minimum Gasteiger partial charge on any atom is -0.495 e. The van der Waals surface area contributed by atoms with Gasteiger partial charge in [-0.2, -0.15) is 0 Å². The molecule has 1 fully saturated rings. The van der Waals surface area contributed by atoms with E-state index in [4.69, 9.17) is 10.5 Å². The molecule has 2 atom stereocenters. The van der Waals surface area contributed by atoms with Crippen LogP contribution >= 0.6 is 0 Å². The lowest BCUT2D eigenvalue weighted by molar-refractivity contribution is 0.406. The highest BCUT2D eigenvalue weighted by Gasteiger charge is 2.39. The first-order chi connectivity index (χ1) is 6.36. The van der Waals surface area contributed by atoms with Crippen molar-refractivity contribution in [3.05, 3.63) is 24.0 Å². The van der Waals surface area contributed by atoms with Crippen molar-refractivity contribution in [2.45, 2.75) is 12.3 Å². The van der Waals surface area contributed by atoms with Gasteiger partial charge in [0.25, 0.3) is 0 Å². The number of rotatable bonds is 3. The molecule has 0 amide bonds. The summed E-state index contributed by atoms with van der Waals surface area (Å²) >= 11 is 0. The van der Waals surface area contributed by atoms with Crippen LogP contribution < -0.4 is 10.5 Å². The Morgan fingerprint density at radius 2 is 2.54 bits per heavy atom. The molecule has 1 aromatic rings. The summed E-state index contributed by atoms with van der Waals surface area (Å²) in [7, 11) is 1.68. The van der Waals surface area contributed by atoms with Crippen molar-refractivity contribution in [2.75, 3.05) is 13.7 Å². The second kappa shape index (κ2) is 3.34. The Labute approximate surface area is 77.9 Å². The van der Waals surface area contributed by atoms with Gasteiger partial charge in [0.15, 0.2) is 0 Å². The minimum atomic E-state index is 0.529. The maximum absolute atomic E-state index is 5.58. The van der Waals surface area contributed by atoms with E-state index in [1.165, 1.54) is 0 Å². The van der Waals surface area contributed by atoms with Crippen LogP contribution in [0.1, 0.15) is 18.0 Å². The number of aromatic nitrogens is 1. The maximum Gasteiger partial charge on any atom is 0.140 e. The average Bonchev–Trinajstić information content (AvgIpc) is 2.96. The van der Waals surface area contributed by atoms with Crippen LogP contribution in [0.5, 0.6) is 5.75 Å². The van der Waals surface area contributed by atoms with Crippen LogP contribution in [0.2, 0.25) is 0 Å². The van der Waals surface area contributed by atoms with Gasteiger partial charge in [0.1, 0.15) is 5.75 Å². The van der Waals surface area contributed by atoms with Crippen LogP contribution in [0, 0.1) is 5.92 Å². The molecular weight excluding hydrogens is 164 g/mol. The fraction of sp³-hybridized carbons (Fsp3) is 0.500. The molecule has 2 N–H and O–H groups in total. The lowest BCUT2D eigenvalue weighted by Gasteiger charge is -2.05. The molecule has 1 aromatic heterocycles. The molecule has 1 aliphatic rings. The first kappa shape index (κ1) is 8.51. The van der Waals surface area contributed by atoms with E-state index in [1.54, 1.807) is 7.11 Å². The van der Waals surface area contributed by atoms with E-state index in [0.717, 1.165) is 24.4 Å². The molecule has 3 heteroatoms. The van der Waals surface area contributed by atoms with E-state index in [2.05, 4.69) is 4.98 Å². The summed E-state index contributed by atoms with van der Waals surface area (Å²) in [5.74, 6) is 2.04. The standard InChI is InChI=1S/C10H14N2O/c1-13-9-3-2-4-12-10(9)8-5-7(8)6-11/h2-4,7-8H,5-6,11H2,1H3/t7-,8+/m0/s1. The van der Waals surface area contributed by atoms with Crippen molar-refractivity contribution in [1.29, 1.82) is 0 Å². The Morgan fingerprint density at radius 1 is 1.69 bits per heavy atom. The van der Waals surface area contributed by atoms with Gasteiger partial charge in [0.2, 0.25) is 0 Å². The molecule has 0 spiro atoms. The SMILES string of the molecule is COc1cccnc1[C@@H]1C[C@H]1CN. The van der Waals surface area contributed by atoms with Crippen LogP contribution in [0.3, 0.4) is 0 Å². The summed E-state index contributed by atoms with van der Waals surface area (Å²) in [5, 5.41) is 0. The zero-order valence-corrected chi connectivity index (χ0v) is 7.73. The van der Waals surface area contributed by atoms with Crippen molar-refractivity contribution in [3.63, 3.8) is 0 Å². The summed E-state index contributed by atoms with van der Waals surface area (Å²) in [6.45, 7) is 0.754. The first-order valence-electron chi connectivity index (χ1n) is 4.55. The van der Waals surface area contributed by atoms with Crippen molar-refractivity contribution >= 4 is 0 Å². The monoisotopic (exact) mass is 178 g/mol. The zero-order valence-electron chi connectivity index (χ0n) is 7.73. The van der Waals surface area contributed by atoms with Crippen molar-refractivity contribution in [3.8, 4) is 5.75 Å². The number of pyridine rings is 1. The molecule has 1 heterocycles. The number of nitrogens with two attached hydrogens (primary N) is 1. The van der Waals surface area contributed by atoms with E-state index in [-0.39, 0.29) is 0 Å². The van der Waals surface area contributed by atoms with Crippen molar-refractivity contribution in [1.82, 2.24) is 4.98 Å². The molecule has 0 saturated heterocycles. The smallest absolute Gasteiger partial charge is 0.140 e. The molecule has 0 bridgehead atoms. The molecular formula is C10H14N2O. The van der Waals surface area contributed by atoms with Crippen LogP contribution in [0.25, 0.3) is 0 Å². The van der Waals surface area contributed by atoms with E-state index in [1.807, 2.05) is 18.3 Å². The highest BCUT2D eigenvalue weighted by Crippen LogP contribution is 2.48. The Balaban J connectivity index is 2.20. The molecule has 70 valence electrons. The largest absolute Gasteiger partial charge is 0.495 e. The Bertz CT molecular complexity index is 301. The average molecular weight is 178 g/mol. The molecule has 1 saturated carbocycles. The Morgan fingerprint density at radius 3 is 3.15 bits per heavy atom. The van der Waals surface area contributed by atoms with Gasteiger partial charge >= 0.3 is 0 Å². The molecule has 2 rings (SSSR count). The fourth-order valence-electron chi connectivity index (χ4n) is 1.70. The first-order valence-corrected chi connectivity index (χ1v) is 4.55. The highest BCUT2D eigenvalue weighted by atomic mass is 16.5. The number of ether oxygens (including phenoxy) is 1. The predicted molar refractivity (Wildman–Crippen MR) is 50.7 cm³/mol. The lowest BCUT2D eigenvalue weighted by atomic mass is 10.2. The Kier molecular flexibility index (Phi) is 2.19. The van der Waals surface area contributed by atoms with Gasteiger partial charge in [-0.1, -0.05) is 0 Å². The summed E-state index contributed by atoms with van der Waals surface area (Å²) in [5.41, 5.74) is 6.65. The van der Waals surface area contributed by atoms with Gasteiger partial charge in [-0.15, -0.1) is 0 Å². The fourth-order valence-corrected chi connectivity index (χ4v) is 1.70. The van der Waals surface area contributed by atoms with E-state index in [9.17, 15) is 0 Å². The highest BCUT2D eigenvalue weighted by molar-refractivity contribution is 5.33. The quantitative estimate of drug-likeness (QED) is 0.755. The number of methoxy groups -OCH3 is 1. The second-order valence-electron chi connectivity index (χ2n) is 3.43. The van der Waals surface area contributed by atoms with Gasteiger partial charge in [0.05, 0.1) is 12.8 Å². The van der Waals surface area contributed by atoms with E-state index in [0.29, 0.717) is 11.8 Å². The van der Waals surface area contributed by atoms with Gasteiger partial charge < -0.3 is 10.5 Å². The zero-order chi connectivity index (χ0) is 9.26. The van der Waals surface area contributed by atoms with Crippen LogP contribution in [0.4, 0.5) is 0 Å². The summed E-state index contributed by atoms with van der Waals surface area (Å²) < 4.78 is 5.24. The van der Waals surface area contributed by atoms with Crippen molar-refractivity contribution < 1.29 is 4.74 Å². The molecule has 0 aliphatic heterocycles. The van der Waals surface area contributed by atoms with E-state index < -0.39 is 0 Å². The predicted octanol–water partition coefficient (Wildman–Crippen LogP) is 1.15. The maximum atomic E-state index is 5.58. The molecule has 0 radical (unpaired) electrons. The third-order valence-electron chi connectivity index (χ3n) is 2.60. The van der Waals surface area contributed by atoms with E-state index >= 15 is 0 Å².